The van der Waals surface area contributed by atoms with E-state index in [-0.39, 0.29) is 20.6 Å². The predicted octanol–water partition coefficient (Wildman–Crippen LogP) is 3.43. The Hall–Kier alpha value is -1.85. The van der Waals surface area contributed by atoms with Gasteiger partial charge in [-0.05, 0) is 42.5 Å². The molecule has 0 atom stereocenters. The molecule has 0 heterocycles. The molecule has 2 aromatic rings. The zero-order valence-corrected chi connectivity index (χ0v) is 20.3. The van der Waals surface area contributed by atoms with Crippen LogP contribution in [0.25, 0.3) is 0 Å². The maximum Gasteiger partial charge on any atom is 0.245 e. The molecule has 1 N–H and O–H groups in total. The summed E-state index contributed by atoms with van der Waals surface area (Å²) >= 11 is 11.9. The first kappa shape index (κ1) is 25.4. The lowest BCUT2D eigenvalue weighted by molar-refractivity contribution is -0.114. The van der Waals surface area contributed by atoms with Crippen molar-refractivity contribution >= 4 is 60.5 Å². The van der Waals surface area contributed by atoms with Crippen LogP contribution in [0.5, 0.6) is 0 Å². The molecule has 0 aromatic heterocycles. The minimum absolute atomic E-state index is 0.0977. The number of amides is 1. The fourth-order valence-electron chi connectivity index (χ4n) is 2.84. The van der Waals surface area contributed by atoms with E-state index in [4.69, 9.17) is 23.2 Å². The van der Waals surface area contributed by atoms with Crippen LogP contribution >= 0.6 is 23.2 Å². The van der Waals surface area contributed by atoms with E-state index in [9.17, 15) is 21.6 Å². The third-order valence-corrected chi connectivity index (χ3v) is 7.95. The van der Waals surface area contributed by atoms with Gasteiger partial charge in [-0.15, -0.1) is 0 Å². The third-order valence-electron chi connectivity index (χ3n) is 4.30. The molecule has 0 saturated carbocycles. The number of halogens is 2. The Morgan fingerprint density at radius 1 is 0.935 bits per heavy atom. The van der Waals surface area contributed by atoms with Crippen molar-refractivity contribution in [1.82, 2.24) is 4.31 Å². The van der Waals surface area contributed by atoms with Crippen LogP contribution in [0.15, 0.2) is 47.4 Å². The molecule has 0 saturated heterocycles. The summed E-state index contributed by atoms with van der Waals surface area (Å²) in [6.45, 7) is 3.65. The quantitative estimate of drug-likeness (QED) is 0.559. The van der Waals surface area contributed by atoms with Gasteiger partial charge < -0.3 is 5.32 Å². The van der Waals surface area contributed by atoms with E-state index in [1.165, 1.54) is 46.8 Å². The Labute approximate surface area is 192 Å². The minimum Gasteiger partial charge on any atom is -0.325 e. The zero-order valence-electron chi connectivity index (χ0n) is 17.2. The van der Waals surface area contributed by atoms with Gasteiger partial charge in [0, 0.05) is 28.8 Å². The van der Waals surface area contributed by atoms with Gasteiger partial charge in [0.25, 0.3) is 0 Å². The van der Waals surface area contributed by atoms with Gasteiger partial charge in [0.1, 0.15) is 6.54 Å². The molecular weight excluding hydrogens is 485 g/mol. The van der Waals surface area contributed by atoms with Crippen LogP contribution in [-0.2, 0) is 24.8 Å². The summed E-state index contributed by atoms with van der Waals surface area (Å²) < 4.78 is 51.7. The van der Waals surface area contributed by atoms with E-state index in [0.717, 1.165) is 10.6 Å². The summed E-state index contributed by atoms with van der Waals surface area (Å²) in [5, 5.41) is 3.01. The van der Waals surface area contributed by atoms with Crippen molar-refractivity contribution in [1.29, 1.82) is 0 Å². The van der Waals surface area contributed by atoms with Crippen LogP contribution in [0.2, 0.25) is 10.0 Å². The molecule has 0 aliphatic rings. The number of anilines is 2. The molecule has 2 rings (SSSR count). The van der Waals surface area contributed by atoms with Crippen LogP contribution in [0.3, 0.4) is 0 Å². The molecule has 12 heteroatoms. The molecule has 0 unspecified atom stereocenters. The van der Waals surface area contributed by atoms with Gasteiger partial charge >= 0.3 is 0 Å². The summed E-state index contributed by atoms with van der Waals surface area (Å²) in [4.78, 5) is 12.6. The lowest BCUT2D eigenvalue weighted by atomic mass is 10.3. The molecular formula is C19H23Cl2N3O5S2. The maximum absolute atomic E-state index is 12.5. The second-order valence-electron chi connectivity index (χ2n) is 6.56. The Bertz CT molecular complexity index is 1130. The van der Waals surface area contributed by atoms with E-state index >= 15 is 0 Å². The number of hydrogen-bond acceptors (Lipinski definition) is 5. The first-order valence-electron chi connectivity index (χ1n) is 9.22. The van der Waals surface area contributed by atoms with Crippen LogP contribution in [0.4, 0.5) is 11.4 Å². The van der Waals surface area contributed by atoms with Gasteiger partial charge in [-0.1, -0.05) is 37.0 Å². The topological polar surface area (TPSA) is 104 Å². The molecule has 1 amide bonds. The van der Waals surface area contributed by atoms with Crippen LogP contribution in [-0.4, -0.2) is 52.9 Å². The molecule has 8 nitrogen and oxygen atoms in total. The number of hydrogen-bond donors (Lipinski definition) is 1. The largest absolute Gasteiger partial charge is 0.325 e. The van der Waals surface area contributed by atoms with E-state index in [0.29, 0.717) is 18.8 Å². The Morgan fingerprint density at radius 3 is 1.90 bits per heavy atom. The monoisotopic (exact) mass is 507 g/mol. The Balaban J connectivity index is 2.20. The number of nitrogens with one attached hydrogen (secondary N) is 1. The molecule has 170 valence electrons. The fraction of sp³-hybridized carbons (Fsp3) is 0.316. The summed E-state index contributed by atoms with van der Waals surface area (Å²) in [6, 6.07) is 9.86. The number of benzene rings is 2. The maximum atomic E-state index is 12.5. The molecule has 2 aromatic carbocycles. The lowest BCUT2D eigenvalue weighted by Gasteiger charge is -2.22. The molecule has 0 fully saturated rings. The van der Waals surface area contributed by atoms with Gasteiger partial charge in [-0.2, -0.15) is 4.31 Å². The van der Waals surface area contributed by atoms with E-state index in [1.54, 1.807) is 13.8 Å². The minimum atomic E-state index is -3.81. The van der Waals surface area contributed by atoms with Crippen LogP contribution in [0, 0.1) is 0 Å². The lowest BCUT2D eigenvalue weighted by Crippen LogP contribution is -2.37. The number of carbonyl (C=O) groups is 1. The van der Waals surface area contributed by atoms with Gasteiger partial charge in [-0.3, -0.25) is 9.10 Å². The third kappa shape index (κ3) is 6.56. The molecule has 31 heavy (non-hydrogen) atoms. The highest BCUT2D eigenvalue weighted by molar-refractivity contribution is 7.92. The average molecular weight is 508 g/mol. The molecule has 0 radical (unpaired) electrons. The zero-order chi connectivity index (χ0) is 23.4. The number of carbonyl (C=O) groups excluding carboxylic acids is 1. The van der Waals surface area contributed by atoms with Crippen LogP contribution in [0.1, 0.15) is 13.8 Å². The normalized spacial score (nSPS) is 12.1. The van der Waals surface area contributed by atoms with Crippen molar-refractivity contribution in [2.45, 2.75) is 18.7 Å². The second kappa shape index (κ2) is 10.2. The Kier molecular flexibility index (Phi) is 8.34. The number of sulfonamides is 2. The van der Waals surface area contributed by atoms with Gasteiger partial charge in [0.05, 0.1) is 16.8 Å². The fourth-order valence-corrected chi connectivity index (χ4v) is 5.65. The molecule has 0 spiro atoms. The van der Waals surface area contributed by atoms with E-state index in [1.807, 2.05) is 0 Å². The van der Waals surface area contributed by atoms with E-state index in [2.05, 4.69) is 5.32 Å². The summed E-state index contributed by atoms with van der Waals surface area (Å²) in [5.41, 5.74) is 0.469. The SMILES string of the molecule is CCN(CC)S(=O)(=O)c1ccc(NC(=O)CN(c2cc(Cl)cc(Cl)c2)S(C)(=O)=O)cc1. The predicted molar refractivity (Wildman–Crippen MR) is 124 cm³/mol. The van der Waals surface area contributed by atoms with Crippen molar-refractivity contribution in [3.63, 3.8) is 0 Å². The second-order valence-corrected chi connectivity index (χ2v) is 11.3. The van der Waals surface area contributed by atoms with Gasteiger partial charge in [-0.25, -0.2) is 16.8 Å². The first-order chi connectivity index (χ1) is 14.4. The highest BCUT2D eigenvalue weighted by Crippen LogP contribution is 2.27. The summed E-state index contributed by atoms with van der Waals surface area (Å²) in [5.74, 6) is -0.624. The number of rotatable bonds is 9. The summed E-state index contributed by atoms with van der Waals surface area (Å²) in [6.07, 6.45) is 0.960. The average Bonchev–Trinajstić information content (AvgIpc) is 2.65. The first-order valence-corrected chi connectivity index (χ1v) is 13.3. The van der Waals surface area contributed by atoms with Crippen molar-refractivity contribution in [3.8, 4) is 0 Å². The molecule has 0 aliphatic heterocycles. The highest BCUT2D eigenvalue weighted by atomic mass is 35.5. The van der Waals surface area contributed by atoms with Crippen molar-refractivity contribution in [2.24, 2.45) is 0 Å². The molecule has 0 bridgehead atoms. The smallest absolute Gasteiger partial charge is 0.245 e. The van der Waals surface area contributed by atoms with Gasteiger partial charge in [0.2, 0.25) is 26.0 Å². The van der Waals surface area contributed by atoms with Crippen molar-refractivity contribution in [3.05, 3.63) is 52.5 Å². The standard InChI is InChI=1S/C19H23Cl2N3O5S2/c1-4-23(5-2)31(28,29)18-8-6-16(7-9-18)22-19(25)13-24(30(3,26)27)17-11-14(20)10-15(21)12-17/h6-12H,4-5,13H2,1-3H3,(H,22,25). The van der Waals surface area contributed by atoms with Crippen molar-refractivity contribution in [2.75, 3.05) is 35.5 Å². The number of nitrogens with zero attached hydrogens (tertiary/aromatic N) is 2. The Morgan fingerprint density at radius 2 is 1.45 bits per heavy atom. The molecule has 0 aliphatic carbocycles. The van der Waals surface area contributed by atoms with Gasteiger partial charge in [0.15, 0.2) is 0 Å². The van der Waals surface area contributed by atoms with Crippen LogP contribution < -0.4 is 9.62 Å². The highest BCUT2D eigenvalue weighted by Gasteiger charge is 2.23. The van der Waals surface area contributed by atoms with Crippen molar-refractivity contribution < 1.29 is 21.6 Å². The summed E-state index contributed by atoms with van der Waals surface area (Å²) in [7, 11) is -7.43. The van der Waals surface area contributed by atoms with E-state index < -0.39 is 32.5 Å².